The van der Waals surface area contributed by atoms with Gasteiger partial charge in [-0.25, -0.2) is 0 Å². The monoisotopic (exact) mass is 368 g/mol. The molecular weight excluding hydrogens is 340 g/mol. The van der Waals surface area contributed by atoms with Crippen LogP contribution in [0.15, 0.2) is 28.9 Å². The van der Waals surface area contributed by atoms with E-state index >= 15 is 0 Å². The summed E-state index contributed by atoms with van der Waals surface area (Å²) in [5.41, 5.74) is 2.72. The largest absolute Gasteiger partial charge is 0.361 e. The number of nitrogens with zero attached hydrogens (tertiary/aromatic N) is 3. The average Bonchev–Trinajstić information content (AvgIpc) is 3.34. The third-order valence-corrected chi connectivity index (χ3v) is 6.64. The van der Waals surface area contributed by atoms with Crippen molar-refractivity contribution in [3.8, 4) is 0 Å². The Bertz CT molecular complexity index is 799. The van der Waals surface area contributed by atoms with Crippen LogP contribution in [0.1, 0.15) is 55.3 Å². The number of pyridine rings is 1. The van der Waals surface area contributed by atoms with Crippen LogP contribution in [0, 0.1) is 19.3 Å². The highest BCUT2D eigenvalue weighted by Crippen LogP contribution is 2.52. The Labute approximate surface area is 160 Å². The van der Waals surface area contributed by atoms with Crippen molar-refractivity contribution in [3.05, 3.63) is 47.1 Å². The summed E-state index contributed by atoms with van der Waals surface area (Å²) < 4.78 is 5.35. The number of carbonyl (C=O) groups is 1. The van der Waals surface area contributed by atoms with Crippen LogP contribution in [-0.2, 0) is 17.9 Å². The standard InChI is InChI=1S/C21H28N4O2/c1-4-21(20(26)23-12-16-7-5-6-10-22-16)11-17-8-9-19(21)25(17)13-18-14(2)24-27-15(18)3/h5-7,10,17,19H,4,8-9,11-13H2,1-3H3,(H,23,26)/t17?,19?,21-/m0/s1. The van der Waals surface area contributed by atoms with Gasteiger partial charge in [0.15, 0.2) is 0 Å². The lowest BCUT2D eigenvalue weighted by Crippen LogP contribution is -2.48. The van der Waals surface area contributed by atoms with Crippen LogP contribution in [0.3, 0.4) is 0 Å². The van der Waals surface area contributed by atoms with E-state index in [1.807, 2.05) is 32.0 Å². The molecule has 6 nitrogen and oxygen atoms in total. The predicted molar refractivity (Wildman–Crippen MR) is 102 cm³/mol. The van der Waals surface area contributed by atoms with Crippen LogP contribution in [0.5, 0.6) is 0 Å². The van der Waals surface area contributed by atoms with Gasteiger partial charge in [-0.3, -0.25) is 14.7 Å². The second kappa shape index (κ2) is 7.08. The van der Waals surface area contributed by atoms with Gasteiger partial charge in [0.2, 0.25) is 5.91 Å². The third kappa shape index (κ3) is 3.06. The number of nitrogens with one attached hydrogen (secondary N) is 1. The van der Waals surface area contributed by atoms with Crippen molar-refractivity contribution in [3.63, 3.8) is 0 Å². The molecule has 2 fully saturated rings. The lowest BCUT2D eigenvalue weighted by Gasteiger charge is -2.35. The van der Waals surface area contributed by atoms with Crippen LogP contribution >= 0.6 is 0 Å². The number of aryl methyl sites for hydroxylation is 2. The van der Waals surface area contributed by atoms with E-state index in [9.17, 15) is 4.79 Å². The summed E-state index contributed by atoms with van der Waals surface area (Å²) in [6, 6.07) is 6.53. The lowest BCUT2D eigenvalue weighted by atomic mass is 9.71. The van der Waals surface area contributed by atoms with E-state index in [-0.39, 0.29) is 17.4 Å². The fourth-order valence-corrected chi connectivity index (χ4v) is 5.09. The zero-order chi connectivity index (χ0) is 19.0. The summed E-state index contributed by atoms with van der Waals surface area (Å²) in [4.78, 5) is 20.1. The van der Waals surface area contributed by atoms with Gasteiger partial charge in [0.05, 0.1) is 23.3 Å². The summed E-state index contributed by atoms with van der Waals surface area (Å²) >= 11 is 0. The minimum atomic E-state index is -0.309. The summed E-state index contributed by atoms with van der Waals surface area (Å²) in [6.07, 6.45) is 5.81. The van der Waals surface area contributed by atoms with Crippen molar-refractivity contribution in [1.82, 2.24) is 20.4 Å². The van der Waals surface area contributed by atoms with Crippen molar-refractivity contribution >= 4 is 5.91 Å². The van der Waals surface area contributed by atoms with E-state index in [2.05, 4.69) is 27.3 Å². The molecule has 0 saturated carbocycles. The molecule has 1 N–H and O–H groups in total. The Morgan fingerprint density at radius 3 is 2.89 bits per heavy atom. The van der Waals surface area contributed by atoms with Crippen molar-refractivity contribution in [2.75, 3.05) is 0 Å². The normalized spacial score (nSPS) is 27.2. The predicted octanol–water partition coefficient (Wildman–Crippen LogP) is 3.14. The van der Waals surface area contributed by atoms with E-state index in [1.165, 1.54) is 12.0 Å². The first-order valence-corrected chi connectivity index (χ1v) is 9.91. The van der Waals surface area contributed by atoms with Crippen LogP contribution in [0.25, 0.3) is 0 Å². The Hall–Kier alpha value is -2.21. The fraction of sp³-hybridized carbons (Fsp3) is 0.571. The maximum Gasteiger partial charge on any atom is 0.228 e. The molecule has 2 aromatic heterocycles. The smallest absolute Gasteiger partial charge is 0.228 e. The van der Waals surface area contributed by atoms with Crippen molar-refractivity contribution in [2.45, 2.75) is 71.6 Å². The lowest BCUT2D eigenvalue weighted by molar-refractivity contribution is -0.133. The number of aromatic nitrogens is 2. The van der Waals surface area contributed by atoms with Crippen molar-refractivity contribution in [1.29, 1.82) is 0 Å². The molecular formula is C21H28N4O2. The molecule has 4 heterocycles. The highest BCUT2D eigenvalue weighted by molar-refractivity contribution is 5.84. The molecule has 0 radical (unpaired) electrons. The van der Waals surface area contributed by atoms with Crippen LogP contribution < -0.4 is 5.32 Å². The average molecular weight is 368 g/mol. The van der Waals surface area contributed by atoms with Gasteiger partial charge in [0.25, 0.3) is 0 Å². The number of fused-ring (bicyclic) bond motifs is 2. The molecule has 0 aromatic carbocycles. The Balaban J connectivity index is 1.50. The molecule has 27 heavy (non-hydrogen) atoms. The Morgan fingerprint density at radius 1 is 1.37 bits per heavy atom. The fourth-order valence-electron chi connectivity index (χ4n) is 5.09. The summed E-state index contributed by atoms with van der Waals surface area (Å²) in [6.45, 7) is 7.43. The molecule has 2 unspecified atom stereocenters. The first-order chi connectivity index (χ1) is 13.0. The van der Waals surface area contributed by atoms with Crippen molar-refractivity contribution < 1.29 is 9.32 Å². The second-order valence-corrected chi connectivity index (χ2v) is 7.94. The summed E-state index contributed by atoms with van der Waals surface area (Å²) in [5.74, 6) is 1.06. The zero-order valence-corrected chi connectivity index (χ0v) is 16.4. The maximum absolute atomic E-state index is 13.2. The third-order valence-electron chi connectivity index (χ3n) is 6.64. The van der Waals surface area contributed by atoms with E-state index in [4.69, 9.17) is 4.52 Å². The number of hydrogen-bond donors (Lipinski definition) is 1. The molecule has 2 saturated heterocycles. The molecule has 0 spiro atoms. The van der Waals surface area contributed by atoms with Gasteiger partial charge in [-0.05, 0) is 51.7 Å². The molecule has 144 valence electrons. The van der Waals surface area contributed by atoms with E-state index in [0.29, 0.717) is 12.6 Å². The number of rotatable bonds is 6. The number of amides is 1. The molecule has 4 rings (SSSR count). The number of hydrogen-bond acceptors (Lipinski definition) is 5. The maximum atomic E-state index is 13.2. The molecule has 2 aliphatic heterocycles. The van der Waals surface area contributed by atoms with Gasteiger partial charge in [-0.2, -0.15) is 0 Å². The van der Waals surface area contributed by atoms with Gasteiger partial charge < -0.3 is 9.84 Å². The molecule has 2 aromatic rings. The minimum Gasteiger partial charge on any atom is -0.361 e. The zero-order valence-electron chi connectivity index (χ0n) is 16.4. The van der Waals surface area contributed by atoms with Gasteiger partial charge in [-0.15, -0.1) is 0 Å². The molecule has 1 amide bonds. The van der Waals surface area contributed by atoms with Crippen molar-refractivity contribution in [2.24, 2.45) is 5.41 Å². The van der Waals surface area contributed by atoms with Gasteiger partial charge in [0, 0.05) is 30.4 Å². The molecule has 0 aliphatic carbocycles. The highest BCUT2D eigenvalue weighted by atomic mass is 16.5. The second-order valence-electron chi connectivity index (χ2n) is 7.94. The van der Waals surface area contributed by atoms with Gasteiger partial charge >= 0.3 is 0 Å². The summed E-state index contributed by atoms with van der Waals surface area (Å²) in [7, 11) is 0. The van der Waals surface area contributed by atoms with E-state index in [0.717, 1.165) is 43.0 Å². The van der Waals surface area contributed by atoms with E-state index < -0.39 is 0 Å². The molecule has 3 atom stereocenters. The first-order valence-electron chi connectivity index (χ1n) is 9.91. The molecule has 2 aliphatic rings. The highest BCUT2D eigenvalue weighted by Gasteiger charge is 2.58. The Kier molecular flexibility index (Phi) is 4.76. The van der Waals surface area contributed by atoms with Gasteiger partial charge in [0.1, 0.15) is 5.76 Å². The van der Waals surface area contributed by atoms with Crippen LogP contribution in [-0.4, -0.2) is 33.0 Å². The van der Waals surface area contributed by atoms with Crippen LogP contribution in [0.4, 0.5) is 0 Å². The molecule has 6 heteroatoms. The minimum absolute atomic E-state index is 0.173. The first kappa shape index (κ1) is 18.2. The molecule has 2 bridgehead atoms. The number of carbonyl (C=O) groups excluding carboxylic acids is 1. The van der Waals surface area contributed by atoms with E-state index in [1.54, 1.807) is 6.20 Å². The Morgan fingerprint density at radius 2 is 2.22 bits per heavy atom. The topological polar surface area (TPSA) is 71.3 Å². The van der Waals surface area contributed by atoms with Gasteiger partial charge in [-0.1, -0.05) is 18.1 Å². The quantitative estimate of drug-likeness (QED) is 0.848. The SMILES string of the molecule is CC[C@]1(C(=O)NCc2ccccn2)CC2CCC1N2Cc1c(C)noc1C. The van der Waals surface area contributed by atoms with Crippen LogP contribution in [0.2, 0.25) is 0 Å². The summed E-state index contributed by atoms with van der Waals surface area (Å²) in [5, 5.41) is 7.26.